The van der Waals surface area contributed by atoms with Crippen LogP contribution < -0.4 is 5.56 Å². The Morgan fingerprint density at radius 3 is 2.36 bits per heavy atom. The van der Waals surface area contributed by atoms with Gasteiger partial charge in [0.1, 0.15) is 0 Å². The van der Waals surface area contributed by atoms with Gasteiger partial charge in [0.25, 0.3) is 5.56 Å². The van der Waals surface area contributed by atoms with E-state index in [1.165, 1.54) is 24.3 Å². The molecule has 3 nitrogen and oxygen atoms in total. The first-order chi connectivity index (χ1) is 10.4. The van der Waals surface area contributed by atoms with Crippen molar-refractivity contribution in [3.63, 3.8) is 0 Å². The molecule has 3 aromatic rings. The summed E-state index contributed by atoms with van der Waals surface area (Å²) >= 11 is 5.07. The van der Waals surface area contributed by atoms with Crippen LogP contribution in [-0.2, 0) is 6.18 Å². The van der Waals surface area contributed by atoms with Crippen LogP contribution in [0, 0.1) is 4.77 Å². The lowest BCUT2D eigenvalue weighted by molar-refractivity contribution is -0.137. The molecule has 0 aliphatic carbocycles. The first kappa shape index (κ1) is 14.5. The van der Waals surface area contributed by atoms with Crippen molar-refractivity contribution >= 4 is 23.1 Å². The predicted octanol–water partition coefficient (Wildman–Crippen LogP) is 4.07. The molecule has 0 saturated carbocycles. The van der Waals surface area contributed by atoms with Crippen molar-refractivity contribution in [3.8, 4) is 5.69 Å². The molecule has 0 atom stereocenters. The van der Waals surface area contributed by atoms with Gasteiger partial charge in [-0.3, -0.25) is 9.36 Å². The fourth-order valence-electron chi connectivity index (χ4n) is 2.29. The molecule has 1 heterocycles. The van der Waals surface area contributed by atoms with Gasteiger partial charge < -0.3 is 4.98 Å². The molecule has 0 fully saturated rings. The second kappa shape index (κ2) is 5.10. The average molecular weight is 322 g/mol. The number of hydrogen-bond donors (Lipinski definition) is 1. The summed E-state index contributed by atoms with van der Waals surface area (Å²) in [5, 5.41) is 0.271. The Labute approximate surface area is 127 Å². The largest absolute Gasteiger partial charge is 0.418 e. The predicted molar refractivity (Wildman–Crippen MR) is 79.7 cm³/mol. The highest BCUT2D eigenvalue weighted by Crippen LogP contribution is 2.33. The van der Waals surface area contributed by atoms with Crippen molar-refractivity contribution in [3.05, 3.63) is 69.2 Å². The van der Waals surface area contributed by atoms with E-state index in [9.17, 15) is 18.0 Å². The van der Waals surface area contributed by atoms with Crippen molar-refractivity contribution in [2.75, 3.05) is 0 Å². The lowest BCUT2D eigenvalue weighted by Gasteiger charge is -2.14. The van der Waals surface area contributed by atoms with Gasteiger partial charge in [0, 0.05) is 0 Å². The number of fused-ring (bicyclic) bond motifs is 1. The molecule has 3 rings (SSSR count). The molecule has 0 amide bonds. The first-order valence-corrected chi connectivity index (χ1v) is 6.71. The Balaban J connectivity index is 2.43. The molecule has 0 aliphatic heterocycles. The number of rotatable bonds is 1. The maximum absolute atomic E-state index is 13.2. The zero-order valence-electron chi connectivity index (χ0n) is 11.0. The van der Waals surface area contributed by atoms with Gasteiger partial charge in [-0.2, -0.15) is 13.2 Å². The SMILES string of the molecule is O=c1c2ccccc2[nH]c(=S)n1-c1ccccc1C(F)(F)F. The molecule has 22 heavy (non-hydrogen) atoms. The molecule has 2 aromatic carbocycles. The summed E-state index contributed by atoms with van der Waals surface area (Å²) in [5.74, 6) is 0. The number of para-hydroxylation sites is 2. The van der Waals surface area contributed by atoms with Crippen LogP contribution in [0.5, 0.6) is 0 Å². The summed E-state index contributed by atoms with van der Waals surface area (Å²) in [4.78, 5) is 15.3. The smallest absolute Gasteiger partial charge is 0.331 e. The number of nitrogens with one attached hydrogen (secondary N) is 1. The molecule has 0 unspecified atom stereocenters. The van der Waals surface area contributed by atoms with Crippen molar-refractivity contribution in [2.45, 2.75) is 6.18 Å². The second-order valence-electron chi connectivity index (χ2n) is 4.63. The zero-order chi connectivity index (χ0) is 15.9. The molecule has 0 bridgehead atoms. The maximum atomic E-state index is 13.2. The molecule has 0 aliphatic rings. The Kier molecular flexibility index (Phi) is 3.37. The van der Waals surface area contributed by atoms with E-state index in [1.807, 2.05) is 0 Å². The van der Waals surface area contributed by atoms with Crippen molar-refractivity contribution < 1.29 is 13.2 Å². The van der Waals surface area contributed by atoms with E-state index >= 15 is 0 Å². The Hall–Kier alpha value is -2.41. The normalized spacial score (nSPS) is 11.8. The van der Waals surface area contributed by atoms with Gasteiger partial charge in [0.15, 0.2) is 4.77 Å². The highest BCUT2D eigenvalue weighted by Gasteiger charge is 2.34. The van der Waals surface area contributed by atoms with Crippen molar-refractivity contribution in [1.82, 2.24) is 9.55 Å². The fourth-order valence-corrected chi connectivity index (χ4v) is 2.58. The summed E-state index contributed by atoms with van der Waals surface area (Å²) in [6.45, 7) is 0. The van der Waals surface area contributed by atoms with Gasteiger partial charge >= 0.3 is 6.18 Å². The average Bonchev–Trinajstić information content (AvgIpc) is 2.47. The number of aromatic nitrogens is 2. The number of halogens is 3. The summed E-state index contributed by atoms with van der Waals surface area (Å²) in [6, 6.07) is 11.4. The van der Waals surface area contributed by atoms with Crippen molar-refractivity contribution in [2.24, 2.45) is 0 Å². The Morgan fingerprint density at radius 1 is 1.00 bits per heavy atom. The van der Waals surface area contributed by atoms with Crippen LogP contribution in [-0.4, -0.2) is 9.55 Å². The summed E-state index contributed by atoms with van der Waals surface area (Å²) in [5.41, 5.74) is -1.30. The molecule has 7 heteroatoms. The minimum absolute atomic E-state index is 0.0830. The molecule has 0 saturated heterocycles. The third-order valence-electron chi connectivity index (χ3n) is 3.26. The molecular formula is C15H9F3N2OS. The molecule has 0 radical (unpaired) electrons. The third kappa shape index (κ3) is 2.33. The topological polar surface area (TPSA) is 37.8 Å². The van der Waals surface area contributed by atoms with Crippen LogP contribution >= 0.6 is 12.2 Å². The Morgan fingerprint density at radius 2 is 1.64 bits per heavy atom. The number of aromatic amines is 1. The van der Waals surface area contributed by atoms with E-state index in [1.54, 1.807) is 18.2 Å². The van der Waals surface area contributed by atoms with Crippen LogP contribution in [0.25, 0.3) is 16.6 Å². The van der Waals surface area contributed by atoms with Gasteiger partial charge in [0.2, 0.25) is 0 Å². The van der Waals surface area contributed by atoms with E-state index in [2.05, 4.69) is 4.98 Å². The number of nitrogens with zero attached hydrogens (tertiary/aromatic N) is 1. The lowest BCUT2D eigenvalue weighted by atomic mass is 10.1. The monoisotopic (exact) mass is 322 g/mol. The highest BCUT2D eigenvalue weighted by atomic mass is 32.1. The summed E-state index contributed by atoms with van der Waals surface area (Å²) < 4.78 is 40.2. The molecule has 112 valence electrons. The fraction of sp³-hybridized carbons (Fsp3) is 0.0667. The van der Waals surface area contributed by atoms with E-state index in [-0.39, 0.29) is 15.8 Å². The number of H-pyrrole nitrogens is 1. The minimum atomic E-state index is -4.58. The van der Waals surface area contributed by atoms with Gasteiger partial charge in [0.05, 0.1) is 22.2 Å². The van der Waals surface area contributed by atoms with E-state index < -0.39 is 17.3 Å². The zero-order valence-corrected chi connectivity index (χ0v) is 11.8. The van der Waals surface area contributed by atoms with Gasteiger partial charge in [-0.1, -0.05) is 24.3 Å². The maximum Gasteiger partial charge on any atom is 0.418 e. The van der Waals surface area contributed by atoms with Gasteiger partial charge in [-0.05, 0) is 36.5 Å². The van der Waals surface area contributed by atoms with Crippen LogP contribution in [0.3, 0.4) is 0 Å². The summed E-state index contributed by atoms with van der Waals surface area (Å²) in [7, 11) is 0. The minimum Gasteiger partial charge on any atom is -0.331 e. The molecule has 0 spiro atoms. The lowest BCUT2D eigenvalue weighted by Crippen LogP contribution is -2.23. The quantitative estimate of drug-likeness (QED) is 0.686. The molecule has 1 aromatic heterocycles. The van der Waals surface area contributed by atoms with E-state index in [4.69, 9.17) is 12.2 Å². The number of alkyl halides is 3. The Bertz CT molecular complexity index is 973. The summed E-state index contributed by atoms with van der Waals surface area (Å²) in [6.07, 6.45) is -4.58. The van der Waals surface area contributed by atoms with Crippen LogP contribution in [0.15, 0.2) is 53.3 Å². The van der Waals surface area contributed by atoms with E-state index in [0.717, 1.165) is 10.6 Å². The van der Waals surface area contributed by atoms with E-state index in [0.29, 0.717) is 5.52 Å². The first-order valence-electron chi connectivity index (χ1n) is 6.30. The highest BCUT2D eigenvalue weighted by molar-refractivity contribution is 7.71. The van der Waals surface area contributed by atoms with Gasteiger partial charge in [-0.25, -0.2) is 0 Å². The second-order valence-corrected chi connectivity index (χ2v) is 5.02. The van der Waals surface area contributed by atoms with Crippen LogP contribution in [0.2, 0.25) is 0 Å². The van der Waals surface area contributed by atoms with Crippen LogP contribution in [0.4, 0.5) is 13.2 Å². The standard InChI is InChI=1S/C15H9F3N2OS/c16-15(17,18)10-6-2-4-8-12(10)20-13(21)9-5-1-3-7-11(9)19-14(20)22/h1-8H,(H,19,22). The van der Waals surface area contributed by atoms with Crippen molar-refractivity contribution in [1.29, 1.82) is 0 Å². The van der Waals surface area contributed by atoms with Gasteiger partial charge in [-0.15, -0.1) is 0 Å². The third-order valence-corrected chi connectivity index (χ3v) is 3.54. The number of benzene rings is 2. The molecule has 1 N–H and O–H groups in total. The molecular weight excluding hydrogens is 313 g/mol. The van der Waals surface area contributed by atoms with Crippen LogP contribution in [0.1, 0.15) is 5.56 Å². The number of hydrogen-bond acceptors (Lipinski definition) is 2.